The maximum Gasteiger partial charge on any atom is 0.167 e. The van der Waals surface area contributed by atoms with Crippen molar-refractivity contribution in [2.75, 3.05) is 11.5 Å². The van der Waals surface area contributed by atoms with Crippen LogP contribution in [0.15, 0.2) is 24.8 Å². The third-order valence-electron chi connectivity index (χ3n) is 1.66. The molecule has 0 amide bonds. The molecule has 3 nitrogen and oxygen atoms in total. The predicted octanol–water partition coefficient (Wildman–Crippen LogP) is 1.04. The van der Waals surface area contributed by atoms with Gasteiger partial charge in [-0.3, -0.25) is 4.79 Å². The van der Waals surface area contributed by atoms with E-state index in [0.29, 0.717) is 5.75 Å². The van der Waals surface area contributed by atoms with Crippen LogP contribution in [-0.2, 0) is 4.79 Å². The Bertz CT molecular complexity index is 316. The van der Waals surface area contributed by atoms with E-state index in [1.165, 1.54) is 0 Å². The number of nitrogens with zero attached hydrogens (tertiary/aromatic N) is 2. The number of carbonyl (C=O) groups excluding carboxylic acids is 1. The van der Waals surface area contributed by atoms with Gasteiger partial charge < -0.3 is 4.57 Å². The number of aromatic nitrogens is 2. The van der Waals surface area contributed by atoms with E-state index in [0.717, 1.165) is 11.4 Å². The van der Waals surface area contributed by atoms with Gasteiger partial charge in [0.05, 0.1) is 12.1 Å². The molecular weight excluding hydrogens is 172 g/mol. The molecule has 0 aliphatic carbocycles. The number of allylic oxidation sites excluding steroid dienone is 1. The summed E-state index contributed by atoms with van der Waals surface area (Å²) in [5.41, 5.74) is 1.02. The number of imidazole rings is 1. The average molecular weight is 180 g/mol. The Labute approximate surface area is 74.5 Å². The number of hydrogen-bond donors (Lipinski definition) is 0. The van der Waals surface area contributed by atoms with E-state index in [-0.39, 0.29) is 5.78 Å². The average Bonchev–Trinajstić information content (AvgIpc) is 2.56. The minimum Gasteiger partial charge on any atom is -0.309 e. The summed E-state index contributed by atoms with van der Waals surface area (Å²) in [4.78, 5) is 15.0. The predicted molar refractivity (Wildman–Crippen MR) is 48.8 cm³/mol. The fourth-order valence-corrected chi connectivity index (χ4v) is 1.93. The van der Waals surface area contributed by atoms with Gasteiger partial charge in [0.2, 0.25) is 0 Å². The Hall–Kier alpha value is -1.03. The zero-order chi connectivity index (χ0) is 8.39. The van der Waals surface area contributed by atoms with Gasteiger partial charge >= 0.3 is 0 Å². The molecule has 62 valence electrons. The van der Waals surface area contributed by atoms with Crippen LogP contribution in [-0.4, -0.2) is 26.8 Å². The van der Waals surface area contributed by atoms with Gasteiger partial charge in [0.1, 0.15) is 0 Å². The first-order chi connectivity index (χ1) is 5.86. The highest BCUT2D eigenvalue weighted by Gasteiger charge is 2.10. The van der Waals surface area contributed by atoms with E-state index in [1.807, 2.05) is 10.8 Å². The number of thioether (sulfide) groups is 1. The van der Waals surface area contributed by atoms with Gasteiger partial charge in [0.15, 0.2) is 5.78 Å². The summed E-state index contributed by atoms with van der Waals surface area (Å²) in [7, 11) is 0. The molecule has 0 spiro atoms. The molecule has 0 aromatic carbocycles. The lowest BCUT2D eigenvalue weighted by molar-refractivity contribution is -0.112. The van der Waals surface area contributed by atoms with Crippen molar-refractivity contribution >= 4 is 23.2 Å². The Morgan fingerprint density at radius 1 is 1.50 bits per heavy atom. The molecule has 0 saturated heterocycles. The Morgan fingerprint density at radius 3 is 3.08 bits per heavy atom. The smallest absolute Gasteiger partial charge is 0.167 e. The second kappa shape index (κ2) is 3.15. The van der Waals surface area contributed by atoms with Crippen LogP contribution in [0.3, 0.4) is 0 Å². The fraction of sp³-hybridized carbons (Fsp3) is 0.250. The summed E-state index contributed by atoms with van der Waals surface area (Å²) < 4.78 is 1.88. The van der Waals surface area contributed by atoms with Gasteiger partial charge in [-0.2, -0.15) is 0 Å². The number of hydrogen-bond acceptors (Lipinski definition) is 3. The van der Waals surface area contributed by atoms with Crippen molar-refractivity contribution < 1.29 is 4.79 Å². The van der Waals surface area contributed by atoms with E-state index >= 15 is 0 Å². The fourth-order valence-electron chi connectivity index (χ4n) is 1.10. The van der Waals surface area contributed by atoms with Crippen LogP contribution in [0.4, 0.5) is 0 Å². The molecule has 4 heteroatoms. The Kier molecular flexibility index (Phi) is 1.99. The number of rotatable bonds is 1. The summed E-state index contributed by atoms with van der Waals surface area (Å²) in [6, 6.07) is 0. The maximum atomic E-state index is 11.0. The van der Waals surface area contributed by atoms with Crippen molar-refractivity contribution in [2.45, 2.75) is 0 Å². The van der Waals surface area contributed by atoms with Gasteiger partial charge in [0, 0.05) is 29.9 Å². The van der Waals surface area contributed by atoms with Crippen LogP contribution in [0.25, 0.3) is 5.70 Å². The van der Waals surface area contributed by atoms with Crippen LogP contribution in [0.1, 0.15) is 0 Å². The molecular formula is C8H8N2OS. The highest BCUT2D eigenvalue weighted by molar-refractivity contribution is 8.00. The summed E-state index contributed by atoms with van der Waals surface area (Å²) in [5, 5.41) is 0. The van der Waals surface area contributed by atoms with Crippen molar-refractivity contribution in [1.29, 1.82) is 0 Å². The molecule has 0 saturated carbocycles. The van der Waals surface area contributed by atoms with Gasteiger partial charge in [-0.05, 0) is 0 Å². The molecule has 0 unspecified atom stereocenters. The lowest BCUT2D eigenvalue weighted by Gasteiger charge is -2.11. The van der Waals surface area contributed by atoms with Gasteiger partial charge in [-0.1, -0.05) is 0 Å². The standard InChI is InChI=1S/C8H8N2OS/c11-8-3-7(4-12-5-8)10-2-1-9-6-10/h1-3,6H,4-5H2. The highest BCUT2D eigenvalue weighted by Crippen LogP contribution is 2.18. The van der Waals surface area contributed by atoms with Crippen LogP contribution in [0.2, 0.25) is 0 Å². The maximum absolute atomic E-state index is 11.0. The SMILES string of the molecule is O=C1C=C(n2ccnc2)CSC1. The Morgan fingerprint density at radius 2 is 2.42 bits per heavy atom. The van der Waals surface area contributed by atoms with Crippen LogP contribution in [0.5, 0.6) is 0 Å². The summed E-state index contributed by atoms with van der Waals surface area (Å²) in [6.45, 7) is 0. The molecule has 12 heavy (non-hydrogen) atoms. The molecule has 2 rings (SSSR count). The van der Waals surface area contributed by atoms with E-state index in [1.54, 1.807) is 30.4 Å². The second-order valence-electron chi connectivity index (χ2n) is 2.56. The third kappa shape index (κ3) is 1.43. The number of carbonyl (C=O) groups is 1. The van der Waals surface area contributed by atoms with Crippen molar-refractivity contribution in [3.05, 3.63) is 24.8 Å². The number of ketones is 1. The lowest BCUT2D eigenvalue weighted by atomic mass is 10.3. The van der Waals surface area contributed by atoms with E-state index in [2.05, 4.69) is 4.98 Å². The van der Waals surface area contributed by atoms with Crippen molar-refractivity contribution in [3.63, 3.8) is 0 Å². The molecule has 0 N–H and O–H groups in total. The van der Waals surface area contributed by atoms with E-state index in [4.69, 9.17) is 0 Å². The topological polar surface area (TPSA) is 34.9 Å². The Balaban J connectivity index is 2.29. The van der Waals surface area contributed by atoms with Crippen molar-refractivity contribution in [3.8, 4) is 0 Å². The molecule has 0 radical (unpaired) electrons. The van der Waals surface area contributed by atoms with E-state index in [9.17, 15) is 4.79 Å². The van der Waals surface area contributed by atoms with Crippen molar-refractivity contribution in [1.82, 2.24) is 9.55 Å². The summed E-state index contributed by atoms with van der Waals surface area (Å²) in [6.07, 6.45) is 6.97. The highest BCUT2D eigenvalue weighted by atomic mass is 32.2. The monoisotopic (exact) mass is 180 g/mol. The van der Waals surface area contributed by atoms with Crippen LogP contribution >= 0.6 is 11.8 Å². The first kappa shape index (κ1) is 7.61. The zero-order valence-corrected chi connectivity index (χ0v) is 7.25. The summed E-state index contributed by atoms with van der Waals surface area (Å²) >= 11 is 1.64. The first-order valence-corrected chi connectivity index (χ1v) is 4.81. The normalized spacial score (nSPS) is 17.7. The van der Waals surface area contributed by atoms with Crippen LogP contribution < -0.4 is 0 Å². The molecule has 1 aromatic heterocycles. The molecule has 1 aliphatic rings. The molecule has 0 atom stereocenters. The molecule has 2 heterocycles. The second-order valence-corrected chi connectivity index (χ2v) is 3.55. The quantitative estimate of drug-likeness (QED) is 0.647. The third-order valence-corrected chi connectivity index (χ3v) is 2.65. The van der Waals surface area contributed by atoms with Gasteiger partial charge in [0.25, 0.3) is 0 Å². The van der Waals surface area contributed by atoms with Gasteiger partial charge in [-0.15, -0.1) is 11.8 Å². The van der Waals surface area contributed by atoms with Gasteiger partial charge in [-0.25, -0.2) is 4.98 Å². The lowest BCUT2D eigenvalue weighted by Crippen LogP contribution is -2.09. The van der Waals surface area contributed by atoms with Crippen LogP contribution in [0, 0.1) is 0 Å². The molecule has 1 aliphatic heterocycles. The first-order valence-electron chi connectivity index (χ1n) is 3.66. The molecule has 0 bridgehead atoms. The van der Waals surface area contributed by atoms with E-state index < -0.39 is 0 Å². The largest absolute Gasteiger partial charge is 0.309 e. The van der Waals surface area contributed by atoms with Crippen molar-refractivity contribution in [2.24, 2.45) is 0 Å². The summed E-state index contributed by atoms with van der Waals surface area (Å²) in [5.74, 6) is 1.69. The molecule has 0 fully saturated rings. The minimum absolute atomic E-state index is 0.190. The minimum atomic E-state index is 0.190. The zero-order valence-electron chi connectivity index (χ0n) is 6.43. The molecule has 1 aromatic rings.